The number of ether oxygens (including phenoxy) is 1. The van der Waals surface area contributed by atoms with Crippen LogP contribution in [0.1, 0.15) is 36.9 Å². The molecule has 180 valence electrons. The van der Waals surface area contributed by atoms with E-state index in [1.54, 1.807) is 42.6 Å². The lowest BCUT2D eigenvalue weighted by molar-refractivity contribution is -0.0495. The molecule has 1 aromatic carbocycles. The maximum atomic E-state index is 13.5. The number of benzene rings is 1. The van der Waals surface area contributed by atoms with Crippen LogP contribution in [0.25, 0.3) is 0 Å². The van der Waals surface area contributed by atoms with Gasteiger partial charge in [0.15, 0.2) is 0 Å². The number of aromatic nitrogens is 1. The molecule has 7 nitrogen and oxygen atoms in total. The zero-order valence-corrected chi connectivity index (χ0v) is 18.9. The zero-order valence-electron chi connectivity index (χ0n) is 18.0. The van der Waals surface area contributed by atoms with Gasteiger partial charge in [-0.3, -0.25) is 4.98 Å². The number of anilines is 2. The highest BCUT2D eigenvalue weighted by molar-refractivity contribution is 7.89. The second-order valence-corrected chi connectivity index (χ2v) is 10.4. The van der Waals surface area contributed by atoms with Gasteiger partial charge in [0.05, 0.1) is 31.0 Å². The molecule has 0 radical (unpaired) electrons. The van der Waals surface area contributed by atoms with E-state index >= 15 is 0 Å². The van der Waals surface area contributed by atoms with Crippen LogP contribution < -0.4 is 10.6 Å². The van der Waals surface area contributed by atoms with Gasteiger partial charge in [-0.2, -0.15) is 17.5 Å². The van der Waals surface area contributed by atoms with Crippen molar-refractivity contribution in [3.63, 3.8) is 0 Å². The van der Waals surface area contributed by atoms with Gasteiger partial charge in [0, 0.05) is 30.7 Å². The van der Waals surface area contributed by atoms with Gasteiger partial charge in [0.2, 0.25) is 0 Å². The molecular formula is C22H27F3N4O3S. The van der Waals surface area contributed by atoms with Gasteiger partial charge in [-0.15, -0.1) is 0 Å². The Morgan fingerprint density at radius 2 is 1.88 bits per heavy atom. The lowest BCUT2D eigenvalue weighted by Crippen LogP contribution is -2.49. The van der Waals surface area contributed by atoms with E-state index in [4.69, 9.17) is 10.5 Å². The van der Waals surface area contributed by atoms with Crippen LogP contribution in [0.2, 0.25) is 0 Å². The summed E-state index contributed by atoms with van der Waals surface area (Å²) in [5.74, 6) is 0. The quantitative estimate of drug-likeness (QED) is 0.673. The molecule has 0 bridgehead atoms. The summed E-state index contributed by atoms with van der Waals surface area (Å²) in [7, 11) is -5.52. The lowest BCUT2D eigenvalue weighted by Gasteiger charge is -2.34. The number of fused-ring (bicyclic) bond motifs is 1. The van der Waals surface area contributed by atoms with Crippen LogP contribution in [0, 0.1) is 0 Å². The predicted octanol–water partition coefficient (Wildman–Crippen LogP) is 3.66. The third kappa shape index (κ3) is 5.25. The first kappa shape index (κ1) is 23.8. The van der Waals surface area contributed by atoms with E-state index in [1.807, 2.05) is 4.90 Å². The van der Waals surface area contributed by atoms with Gasteiger partial charge in [-0.05, 0) is 36.6 Å². The highest BCUT2D eigenvalue weighted by Gasteiger charge is 2.51. The first-order valence-corrected chi connectivity index (χ1v) is 12.3. The van der Waals surface area contributed by atoms with Crippen molar-refractivity contribution in [2.24, 2.45) is 0 Å². The van der Waals surface area contributed by atoms with E-state index in [0.29, 0.717) is 26.9 Å². The van der Waals surface area contributed by atoms with Gasteiger partial charge < -0.3 is 15.4 Å². The molecule has 1 atom stereocenters. The molecule has 0 unspecified atom stereocenters. The Balaban J connectivity index is 1.72. The minimum atomic E-state index is -5.52. The van der Waals surface area contributed by atoms with Crippen molar-refractivity contribution in [2.45, 2.75) is 56.4 Å². The molecule has 4 rings (SSSR count). The van der Waals surface area contributed by atoms with Crippen LogP contribution in [-0.4, -0.2) is 48.5 Å². The Morgan fingerprint density at radius 1 is 1.15 bits per heavy atom. The van der Waals surface area contributed by atoms with Crippen molar-refractivity contribution in [3.05, 3.63) is 53.9 Å². The summed E-state index contributed by atoms with van der Waals surface area (Å²) in [6.07, 6.45) is 5.48. The predicted molar refractivity (Wildman–Crippen MR) is 119 cm³/mol. The second kappa shape index (κ2) is 9.47. The van der Waals surface area contributed by atoms with Gasteiger partial charge in [0.1, 0.15) is 0 Å². The summed E-state index contributed by atoms with van der Waals surface area (Å²) in [4.78, 5) is 6.23. The minimum Gasteiger partial charge on any atom is -0.399 e. The Labute approximate surface area is 191 Å². The van der Waals surface area contributed by atoms with Crippen LogP contribution in [0.3, 0.4) is 0 Å². The molecular weight excluding hydrogens is 457 g/mol. The van der Waals surface area contributed by atoms with Crippen LogP contribution >= 0.6 is 0 Å². The molecule has 1 aliphatic heterocycles. The van der Waals surface area contributed by atoms with E-state index in [2.05, 4.69) is 4.98 Å². The Bertz CT molecular complexity index is 1070. The standard InChI is InChI=1S/C22H27F3N4O3S/c23-22(24,25)33(30,31)28-12-16-5-1-4-8-21(16)29(13-18-11-17(26)9-10-27-18)19(14-28)15-32-20-6-2-3-7-20/h1,4-5,8-11,19-20H,2-3,6-7,12-15H2,(H2,26,27)/t19-/m0/s1. The molecule has 11 heteroatoms. The monoisotopic (exact) mass is 484 g/mol. The fourth-order valence-electron chi connectivity index (χ4n) is 4.46. The summed E-state index contributed by atoms with van der Waals surface area (Å²) in [6, 6.07) is 9.60. The molecule has 0 spiro atoms. The summed E-state index contributed by atoms with van der Waals surface area (Å²) in [6.45, 7) is -0.379. The van der Waals surface area contributed by atoms with E-state index < -0.39 is 21.6 Å². The van der Waals surface area contributed by atoms with Crippen LogP contribution in [0.5, 0.6) is 0 Å². The molecule has 0 saturated heterocycles. The highest BCUT2D eigenvalue weighted by atomic mass is 32.2. The number of sulfonamides is 1. The number of pyridine rings is 1. The summed E-state index contributed by atoms with van der Waals surface area (Å²) < 4.78 is 71.8. The topological polar surface area (TPSA) is 88.8 Å². The summed E-state index contributed by atoms with van der Waals surface area (Å²) in [5.41, 5.74) is 2.79. The molecule has 33 heavy (non-hydrogen) atoms. The average molecular weight is 485 g/mol. The summed E-state index contributed by atoms with van der Waals surface area (Å²) in [5, 5.41) is 0. The number of para-hydroxylation sites is 1. The normalized spacial score (nSPS) is 20.6. The third-order valence-corrected chi connectivity index (χ3v) is 7.68. The first-order chi connectivity index (χ1) is 15.6. The maximum Gasteiger partial charge on any atom is 0.511 e. The smallest absolute Gasteiger partial charge is 0.399 e. The van der Waals surface area contributed by atoms with Crippen molar-refractivity contribution in [3.8, 4) is 0 Å². The molecule has 0 amide bonds. The van der Waals surface area contributed by atoms with Crippen molar-refractivity contribution < 1.29 is 26.3 Å². The Hall–Kier alpha value is -2.37. The molecule has 1 fully saturated rings. The number of hydrogen-bond donors (Lipinski definition) is 1. The number of nitrogen functional groups attached to an aromatic ring is 1. The second-order valence-electron chi connectivity index (χ2n) is 8.47. The molecule has 2 N–H and O–H groups in total. The van der Waals surface area contributed by atoms with Gasteiger partial charge in [-0.1, -0.05) is 31.0 Å². The number of rotatable bonds is 6. The molecule has 1 saturated carbocycles. The molecule has 1 aromatic heterocycles. The summed E-state index contributed by atoms with van der Waals surface area (Å²) >= 11 is 0. The first-order valence-electron chi connectivity index (χ1n) is 10.9. The number of nitrogens with zero attached hydrogens (tertiary/aromatic N) is 3. The third-order valence-electron chi connectivity index (χ3n) is 6.13. The number of alkyl halides is 3. The lowest BCUT2D eigenvalue weighted by atomic mass is 10.1. The Morgan fingerprint density at radius 3 is 2.58 bits per heavy atom. The van der Waals surface area contributed by atoms with Gasteiger partial charge in [0.25, 0.3) is 0 Å². The Kier molecular flexibility index (Phi) is 6.83. The SMILES string of the molecule is Nc1ccnc(CN2c3ccccc3CN(S(=O)(=O)C(F)(F)F)C[C@H]2COC2CCCC2)c1. The fraction of sp³-hybridized carbons (Fsp3) is 0.500. The van der Waals surface area contributed by atoms with E-state index in [0.717, 1.165) is 25.7 Å². The van der Waals surface area contributed by atoms with E-state index in [9.17, 15) is 21.6 Å². The molecule has 2 heterocycles. The van der Waals surface area contributed by atoms with Crippen molar-refractivity contribution >= 4 is 21.4 Å². The zero-order chi connectivity index (χ0) is 23.6. The molecule has 2 aliphatic rings. The highest BCUT2D eigenvalue weighted by Crippen LogP contribution is 2.35. The van der Waals surface area contributed by atoms with Crippen molar-refractivity contribution in [2.75, 3.05) is 23.8 Å². The molecule has 2 aromatic rings. The maximum absolute atomic E-state index is 13.5. The number of hydrogen-bond acceptors (Lipinski definition) is 6. The molecule has 1 aliphatic carbocycles. The van der Waals surface area contributed by atoms with Crippen molar-refractivity contribution in [1.29, 1.82) is 0 Å². The van der Waals surface area contributed by atoms with Gasteiger partial charge in [-0.25, -0.2) is 8.42 Å². The number of nitrogens with two attached hydrogens (primary N) is 1. The van der Waals surface area contributed by atoms with Crippen LogP contribution in [0.15, 0.2) is 42.6 Å². The largest absolute Gasteiger partial charge is 0.511 e. The van der Waals surface area contributed by atoms with Gasteiger partial charge >= 0.3 is 15.5 Å². The van der Waals surface area contributed by atoms with Crippen LogP contribution in [0.4, 0.5) is 24.5 Å². The average Bonchev–Trinajstić information content (AvgIpc) is 3.22. The van der Waals surface area contributed by atoms with Crippen molar-refractivity contribution in [1.82, 2.24) is 9.29 Å². The minimum absolute atomic E-state index is 0.0310. The number of halogens is 3. The fourth-order valence-corrected chi connectivity index (χ4v) is 5.43. The van der Waals surface area contributed by atoms with E-state index in [-0.39, 0.29) is 32.3 Å². The van der Waals surface area contributed by atoms with E-state index in [1.165, 1.54) is 0 Å². The van der Waals surface area contributed by atoms with Crippen LogP contribution in [-0.2, 0) is 27.8 Å².